The summed E-state index contributed by atoms with van der Waals surface area (Å²) in [5.41, 5.74) is 0. The van der Waals surface area contributed by atoms with Gasteiger partial charge in [0.15, 0.2) is 0 Å². The summed E-state index contributed by atoms with van der Waals surface area (Å²) in [6.07, 6.45) is 8.33. The predicted molar refractivity (Wildman–Crippen MR) is 56.2 cm³/mol. The summed E-state index contributed by atoms with van der Waals surface area (Å²) in [5, 5.41) is 0. The summed E-state index contributed by atoms with van der Waals surface area (Å²) in [6.45, 7) is 8.26. The number of unbranched alkanes of at least 4 members (excludes halogenated alkanes) is 5. The molecule has 0 fully saturated rings. The van der Waals surface area contributed by atoms with Crippen LogP contribution in [0.1, 0.15) is 45.4 Å². The zero-order valence-electron chi connectivity index (χ0n) is 8.81. The second-order valence-electron chi connectivity index (χ2n) is 3.57. The van der Waals surface area contributed by atoms with E-state index in [9.17, 15) is 0 Å². The Bertz CT molecular complexity index is 81.1. The van der Waals surface area contributed by atoms with Crippen LogP contribution in [0.5, 0.6) is 0 Å². The fourth-order valence-corrected chi connectivity index (χ4v) is 1.27. The van der Waals surface area contributed by atoms with Crippen LogP contribution >= 0.6 is 0 Å². The average molecular weight is 170 g/mol. The summed E-state index contributed by atoms with van der Waals surface area (Å²) < 4.78 is 0. The van der Waals surface area contributed by atoms with Crippen LogP contribution < -0.4 is 0 Å². The highest BCUT2D eigenvalue weighted by atomic mass is 15.1. The van der Waals surface area contributed by atoms with Crippen molar-refractivity contribution in [3.05, 3.63) is 6.92 Å². The summed E-state index contributed by atoms with van der Waals surface area (Å²) in [7, 11) is 2.14. The van der Waals surface area contributed by atoms with Gasteiger partial charge < -0.3 is 4.90 Å². The smallest absolute Gasteiger partial charge is 0.00213 e. The standard InChI is InChI=1S/C11H24N/c1-4-6-7-8-9-10-11-12(3)5-2/h2,4-11H2,1,3H3. The van der Waals surface area contributed by atoms with Crippen LogP contribution in [-0.2, 0) is 0 Å². The van der Waals surface area contributed by atoms with Crippen molar-refractivity contribution in [2.75, 3.05) is 20.1 Å². The molecule has 0 aliphatic rings. The summed E-state index contributed by atoms with van der Waals surface area (Å²) in [6, 6.07) is 0. The van der Waals surface area contributed by atoms with Gasteiger partial charge in [0, 0.05) is 0 Å². The summed E-state index contributed by atoms with van der Waals surface area (Å²) >= 11 is 0. The van der Waals surface area contributed by atoms with Crippen LogP contribution in [0, 0.1) is 6.92 Å². The quantitative estimate of drug-likeness (QED) is 0.506. The molecule has 1 nitrogen and oxygen atoms in total. The number of hydrogen-bond donors (Lipinski definition) is 0. The highest BCUT2D eigenvalue weighted by Gasteiger charge is 1.93. The molecule has 0 aromatic rings. The minimum absolute atomic E-state index is 0.939. The van der Waals surface area contributed by atoms with E-state index in [4.69, 9.17) is 0 Å². The van der Waals surface area contributed by atoms with Crippen LogP contribution in [0.3, 0.4) is 0 Å². The van der Waals surface area contributed by atoms with Gasteiger partial charge in [-0.15, -0.1) is 0 Å². The predicted octanol–water partition coefficient (Wildman–Crippen LogP) is 3.11. The van der Waals surface area contributed by atoms with E-state index in [1.165, 1.54) is 45.1 Å². The molecular formula is C11H24N. The number of rotatable bonds is 8. The van der Waals surface area contributed by atoms with Gasteiger partial charge in [-0.05, 0) is 33.5 Å². The minimum Gasteiger partial charge on any atom is -0.306 e. The van der Waals surface area contributed by atoms with E-state index in [1.807, 2.05) is 0 Å². The highest BCUT2D eigenvalue weighted by Crippen LogP contribution is 2.04. The van der Waals surface area contributed by atoms with Gasteiger partial charge in [0.2, 0.25) is 0 Å². The lowest BCUT2D eigenvalue weighted by Gasteiger charge is -2.12. The third kappa shape index (κ3) is 8.06. The second kappa shape index (κ2) is 9.05. The molecular weight excluding hydrogens is 146 g/mol. The zero-order valence-corrected chi connectivity index (χ0v) is 8.81. The normalized spacial score (nSPS) is 11.0. The molecule has 0 aliphatic carbocycles. The third-order valence-electron chi connectivity index (χ3n) is 2.28. The maximum absolute atomic E-state index is 3.84. The Morgan fingerprint density at radius 2 is 1.58 bits per heavy atom. The molecule has 0 unspecified atom stereocenters. The average Bonchev–Trinajstić information content (AvgIpc) is 2.10. The van der Waals surface area contributed by atoms with Gasteiger partial charge in [-0.25, -0.2) is 0 Å². The molecule has 0 heterocycles. The molecule has 1 heteroatoms. The topological polar surface area (TPSA) is 3.24 Å². The van der Waals surface area contributed by atoms with Gasteiger partial charge >= 0.3 is 0 Å². The van der Waals surface area contributed by atoms with Crippen molar-refractivity contribution >= 4 is 0 Å². The Hall–Kier alpha value is -0.0400. The van der Waals surface area contributed by atoms with Gasteiger partial charge in [-0.3, -0.25) is 0 Å². The van der Waals surface area contributed by atoms with Crippen molar-refractivity contribution in [2.45, 2.75) is 45.4 Å². The molecule has 0 aromatic heterocycles. The Morgan fingerprint density at radius 1 is 1.00 bits per heavy atom. The lowest BCUT2D eigenvalue weighted by molar-refractivity contribution is 0.355. The lowest BCUT2D eigenvalue weighted by Crippen LogP contribution is -2.18. The first kappa shape index (κ1) is 12.0. The number of nitrogens with zero attached hydrogens (tertiary/aromatic N) is 1. The van der Waals surface area contributed by atoms with Gasteiger partial charge in [-0.2, -0.15) is 0 Å². The SMILES string of the molecule is [CH2]CN(C)CCCCCCCC. The van der Waals surface area contributed by atoms with E-state index >= 15 is 0 Å². The Balaban J connectivity index is 2.90. The maximum atomic E-state index is 3.84. The largest absolute Gasteiger partial charge is 0.306 e. The van der Waals surface area contributed by atoms with Crippen LogP contribution in [0.15, 0.2) is 0 Å². The maximum Gasteiger partial charge on any atom is -0.00213 e. The Labute approximate surface area is 78.1 Å². The summed E-state index contributed by atoms with van der Waals surface area (Å²) in [5.74, 6) is 0. The van der Waals surface area contributed by atoms with Crippen molar-refractivity contribution in [3.8, 4) is 0 Å². The molecule has 0 rings (SSSR count). The molecule has 0 saturated heterocycles. The molecule has 1 radical (unpaired) electrons. The van der Waals surface area contributed by atoms with Gasteiger partial charge in [0.25, 0.3) is 0 Å². The van der Waals surface area contributed by atoms with E-state index in [0.717, 1.165) is 6.54 Å². The van der Waals surface area contributed by atoms with E-state index < -0.39 is 0 Å². The molecule has 0 atom stereocenters. The van der Waals surface area contributed by atoms with E-state index in [-0.39, 0.29) is 0 Å². The molecule has 0 amide bonds. The number of hydrogen-bond acceptors (Lipinski definition) is 1. The van der Waals surface area contributed by atoms with E-state index in [1.54, 1.807) is 0 Å². The second-order valence-corrected chi connectivity index (χ2v) is 3.57. The van der Waals surface area contributed by atoms with Crippen LogP contribution in [0.4, 0.5) is 0 Å². The first-order valence-electron chi connectivity index (χ1n) is 5.29. The zero-order chi connectivity index (χ0) is 9.23. The van der Waals surface area contributed by atoms with Gasteiger partial charge in [0.1, 0.15) is 0 Å². The molecule has 0 N–H and O–H groups in total. The molecule has 0 bridgehead atoms. The summed E-state index contributed by atoms with van der Waals surface area (Å²) in [4.78, 5) is 2.28. The van der Waals surface area contributed by atoms with Crippen LogP contribution in [0.2, 0.25) is 0 Å². The van der Waals surface area contributed by atoms with Crippen molar-refractivity contribution < 1.29 is 0 Å². The van der Waals surface area contributed by atoms with Crippen molar-refractivity contribution in [3.63, 3.8) is 0 Å². The molecule has 0 aliphatic heterocycles. The van der Waals surface area contributed by atoms with Crippen LogP contribution in [0.25, 0.3) is 0 Å². The van der Waals surface area contributed by atoms with Crippen molar-refractivity contribution in [1.82, 2.24) is 4.90 Å². The first-order chi connectivity index (χ1) is 5.81. The fourth-order valence-electron chi connectivity index (χ4n) is 1.27. The molecule has 12 heavy (non-hydrogen) atoms. The Kier molecular flexibility index (Phi) is 9.02. The molecule has 0 spiro atoms. The molecule has 0 saturated carbocycles. The molecule has 73 valence electrons. The van der Waals surface area contributed by atoms with E-state index in [0.29, 0.717) is 0 Å². The fraction of sp³-hybridized carbons (Fsp3) is 0.909. The lowest BCUT2D eigenvalue weighted by atomic mass is 10.1. The van der Waals surface area contributed by atoms with Gasteiger partial charge in [0.05, 0.1) is 0 Å². The highest BCUT2D eigenvalue weighted by molar-refractivity contribution is 4.52. The van der Waals surface area contributed by atoms with E-state index in [2.05, 4.69) is 25.8 Å². The Morgan fingerprint density at radius 3 is 2.17 bits per heavy atom. The molecule has 0 aromatic carbocycles. The van der Waals surface area contributed by atoms with Crippen LogP contribution in [-0.4, -0.2) is 25.0 Å². The minimum atomic E-state index is 0.939. The van der Waals surface area contributed by atoms with Crippen molar-refractivity contribution in [1.29, 1.82) is 0 Å². The van der Waals surface area contributed by atoms with Gasteiger partial charge in [-0.1, -0.05) is 39.0 Å². The van der Waals surface area contributed by atoms with Crippen molar-refractivity contribution in [2.24, 2.45) is 0 Å². The third-order valence-corrected chi connectivity index (χ3v) is 2.28. The monoisotopic (exact) mass is 170 g/mol. The first-order valence-corrected chi connectivity index (χ1v) is 5.29.